The molecule has 2 aliphatic rings. The van der Waals surface area contributed by atoms with E-state index in [2.05, 4.69) is 6.92 Å². The molecule has 31 heavy (non-hydrogen) atoms. The second-order valence-corrected chi connectivity index (χ2v) is 11.7. The molecule has 0 unspecified atom stereocenters. The summed E-state index contributed by atoms with van der Waals surface area (Å²) in [6, 6.07) is 11.5. The first-order chi connectivity index (χ1) is 14.9. The number of amides is 1. The maximum atomic E-state index is 13.8. The van der Waals surface area contributed by atoms with Crippen LogP contribution in [0.2, 0.25) is 0 Å². The fourth-order valence-corrected chi connectivity index (χ4v) is 7.15. The molecule has 0 radical (unpaired) electrons. The number of carboxylic acids is 1. The monoisotopic (exact) mass is 460 g/mol. The molecule has 1 amide bonds. The van der Waals surface area contributed by atoms with Gasteiger partial charge >= 0.3 is 5.97 Å². The van der Waals surface area contributed by atoms with Gasteiger partial charge in [-0.1, -0.05) is 37.3 Å². The molecule has 2 heterocycles. The van der Waals surface area contributed by atoms with E-state index < -0.39 is 16.8 Å². The summed E-state index contributed by atoms with van der Waals surface area (Å²) in [5.74, 6) is 0.825. The lowest BCUT2D eigenvalue weighted by Gasteiger charge is -2.36. The zero-order valence-corrected chi connectivity index (χ0v) is 19.5. The van der Waals surface area contributed by atoms with Gasteiger partial charge in [0.1, 0.15) is 16.4 Å². The first-order valence-electron chi connectivity index (χ1n) is 11.1. The Balaban J connectivity index is 1.73. The maximum Gasteiger partial charge on any atom is 0.348 e. The molecule has 1 N–H and O–H groups in total. The number of thiol groups is 1. The molecule has 7 heteroatoms. The van der Waals surface area contributed by atoms with E-state index in [0.29, 0.717) is 36.0 Å². The summed E-state index contributed by atoms with van der Waals surface area (Å²) in [4.78, 5) is 28.8. The van der Waals surface area contributed by atoms with Crippen LogP contribution in [0.3, 0.4) is 0 Å². The largest absolute Gasteiger partial charge is 0.477 e. The first kappa shape index (κ1) is 22.2. The number of rotatable bonds is 5. The summed E-state index contributed by atoms with van der Waals surface area (Å²) >= 11 is 1.23. The van der Waals surface area contributed by atoms with Gasteiger partial charge in [0.15, 0.2) is 0 Å². The smallest absolute Gasteiger partial charge is 0.348 e. The van der Waals surface area contributed by atoms with Gasteiger partial charge in [0.2, 0.25) is 5.91 Å². The first-order valence-corrected chi connectivity index (χ1v) is 13.6. The van der Waals surface area contributed by atoms with E-state index in [1.807, 2.05) is 36.4 Å². The van der Waals surface area contributed by atoms with E-state index in [-0.39, 0.29) is 22.7 Å². The van der Waals surface area contributed by atoms with Crippen LogP contribution in [0.5, 0.6) is 0 Å². The highest BCUT2D eigenvalue weighted by Gasteiger charge is 2.38. The minimum absolute atomic E-state index is 0.0499. The number of benzene rings is 1. The number of anilines is 1. The molecule has 1 aromatic heterocycles. The SMILES string of the molecule is CC1CCC(C(=O)N(c2cc(-c3ccccc3)sc2C(=O)O)C2CC[SH+](=O)CC2)CC1. The Morgan fingerprint density at radius 1 is 1.03 bits per heavy atom. The molecule has 1 aliphatic carbocycles. The van der Waals surface area contributed by atoms with Crippen LogP contribution in [-0.2, 0) is 19.8 Å². The Morgan fingerprint density at radius 2 is 1.68 bits per heavy atom. The molecule has 1 saturated heterocycles. The number of hydrogen-bond acceptors (Lipinski definition) is 4. The van der Waals surface area contributed by atoms with Crippen molar-refractivity contribution in [3.63, 3.8) is 0 Å². The zero-order valence-electron chi connectivity index (χ0n) is 17.8. The van der Waals surface area contributed by atoms with Crippen molar-refractivity contribution < 1.29 is 18.9 Å². The van der Waals surface area contributed by atoms with Crippen molar-refractivity contribution in [1.82, 2.24) is 0 Å². The van der Waals surface area contributed by atoms with Gasteiger partial charge in [0.25, 0.3) is 0 Å². The van der Waals surface area contributed by atoms with Crippen LogP contribution in [0.15, 0.2) is 36.4 Å². The van der Waals surface area contributed by atoms with E-state index in [0.717, 1.165) is 36.1 Å². The second-order valence-electron chi connectivity index (χ2n) is 8.82. The fraction of sp³-hybridized carbons (Fsp3) is 0.500. The quantitative estimate of drug-likeness (QED) is 0.496. The van der Waals surface area contributed by atoms with Gasteiger partial charge in [0.05, 0.1) is 16.5 Å². The summed E-state index contributed by atoms with van der Waals surface area (Å²) in [7, 11) is -1.20. The third kappa shape index (κ3) is 4.93. The lowest BCUT2D eigenvalue weighted by molar-refractivity contribution is -0.124. The molecular weight excluding hydrogens is 430 g/mol. The summed E-state index contributed by atoms with van der Waals surface area (Å²) < 4.78 is 12.0. The predicted octanol–water partition coefficient (Wildman–Crippen LogP) is 5.13. The average Bonchev–Trinajstić information content (AvgIpc) is 3.22. The van der Waals surface area contributed by atoms with Crippen LogP contribution in [0.4, 0.5) is 5.69 Å². The minimum atomic E-state index is -1.20. The average molecular weight is 461 g/mol. The molecule has 0 bridgehead atoms. The fourth-order valence-electron chi connectivity index (χ4n) is 4.76. The Morgan fingerprint density at radius 3 is 2.29 bits per heavy atom. The predicted molar refractivity (Wildman–Crippen MR) is 128 cm³/mol. The van der Waals surface area contributed by atoms with Gasteiger partial charge in [-0.25, -0.2) is 4.79 Å². The molecule has 2 aromatic rings. The highest BCUT2D eigenvalue weighted by molar-refractivity contribution is 7.84. The van der Waals surface area contributed by atoms with Crippen LogP contribution >= 0.6 is 11.3 Å². The number of carbonyl (C=O) groups excluding carboxylic acids is 1. The normalized spacial score (nSPS) is 26.4. The van der Waals surface area contributed by atoms with Gasteiger partial charge in [-0.05, 0) is 43.2 Å². The van der Waals surface area contributed by atoms with Crippen molar-refractivity contribution in [2.24, 2.45) is 11.8 Å². The van der Waals surface area contributed by atoms with Crippen molar-refractivity contribution in [1.29, 1.82) is 0 Å². The topological polar surface area (TPSA) is 74.7 Å². The van der Waals surface area contributed by atoms with Crippen LogP contribution in [-0.4, -0.2) is 34.5 Å². The van der Waals surface area contributed by atoms with Crippen LogP contribution in [0.25, 0.3) is 10.4 Å². The summed E-state index contributed by atoms with van der Waals surface area (Å²) in [6.45, 7) is 2.23. The van der Waals surface area contributed by atoms with E-state index in [9.17, 15) is 18.9 Å². The van der Waals surface area contributed by atoms with Crippen molar-refractivity contribution in [3.8, 4) is 10.4 Å². The summed E-state index contributed by atoms with van der Waals surface area (Å²) in [5.41, 5.74) is 1.47. The molecule has 4 rings (SSSR count). The molecule has 5 nitrogen and oxygen atoms in total. The van der Waals surface area contributed by atoms with Gasteiger partial charge in [0, 0.05) is 29.7 Å². The molecular formula is C24H30NO4S2+. The Kier molecular flexibility index (Phi) is 6.92. The molecule has 1 saturated carbocycles. The number of aromatic carboxylic acids is 1. The van der Waals surface area contributed by atoms with E-state index >= 15 is 0 Å². The molecule has 2 fully saturated rings. The third-order valence-electron chi connectivity index (χ3n) is 6.62. The lowest BCUT2D eigenvalue weighted by atomic mass is 9.82. The number of hydrogen-bond donors (Lipinski definition) is 1. The number of carbonyl (C=O) groups is 2. The Hall–Kier alpha value is -1.99. The van der Waals surface area contributed by atoms with E-state index in [1.54, 1.807) is 4.90 Å². The van der Waals surface area contributed by atoms with E-state index in [4.69, 9.17) is 0 Å². The number of thiophene rings is 1. The van der Waals surface area contributed by atoms with Crippen molar-refractivity contribution in [2.45, 2.75) is 51.5 Å². The van der Waals surface area contributed by atoms with Gasteiger partial charge < -0.3 is 10.0 Å². The zero-order chi connectivity index (χ0) is 22.0. The van der Waals surface area contributed by atoms with Crippen LogP contribution < -0.4 is 4.90 Å². The van der Waals surface area contributed by atoms with Crippen LogP contribution in [0.1, 0.15) is 55.1 Å². The highest BCUT2D eigenvalue weighted by Crippen LogP contribution is 2.41. The molecule has 0 spiro atoms. The Bertz CT molecular complexity index is 953. The standard InChI is InChI=1S/C24H29NO4S2/c1-16-7-9-18(10-8-16)23(26)25(19-11-13-31(29)14-12-19)20-15-21(30-22(20)24(27)28)17-5-3-2-4-6-17/h2-6,15-16,18-19H,7-14H2,1H3,(H,27,28)/p+1. The second kappa shape index (κ2) is 9.65. The van der Waals surface area contributed by atoms with Crippen molar-refractivity contribution >= 4 is 39.7 Å². The summed E-state index contributed by atoms with van der Waals surface area (Å²) in [5, 5.41) is 9.97. The lowest BCUT2D eigenvalue weighted by Crippen LogP contribution is -2.47. The highest BCUT2D eigenvalue weighted by atomic mass is 32.2. The van der Waals surface area contributed by atoms with Gasteiger partial charge in [-0.2, -0.15) is 0 Å². The van der Waals surface area contributed by atoms with Crippen molar-refractivity contribution in [2.75, 3.05) is 16.4 Å². The van der Waals surface area contributed by atoms with E-state index in [1.165, 1.54) is 11.3 Å². The molecule has 1 aliphatic heterocycles. The Labute approximate surface area is 189 Å². The number of carboxylic acid groups (broad SMARTS) is 1. The van der Waals surface area contributed by atoms with Crippen LogP contribution in [0, 0.1) is 11.8 Å². The third-order valence-corrected chi connectivity index (χ3v) is 9.29. The maximum absolute atomic E-state index is 13.8. The van der Waals surface area contributed by atoms with Crippen molar-refractivity contribution in [3.05, 3.63) is 41.3 Å². The molecule has 1 aromatic carbocycles. The molecule has 0 atom stereocenters. The van der Waals surface area contributed by atoms with Gasteiger partial charge in [-0.15, -0.1) is 15.5 Å². The minimum Gasteiger partial charge on any atom is -0.477 e. The number of nitrogens with zero attached hydrogens (tertiary/aromatic N) is 1. The molecule has 166 valence electrons. The van der Waals surface area contributed by atoms with Gasteiger partial charge in [-0.3, -0.25) is 4.79 Å². The summed E-state index contributed by atoms with van der Waals surface area (Å²) in [6.07, 6.45) is 5.11.